The summed E-state index contributed by atoms with van der Waals surface area (Å²) in [5.41, 5.74) is 0. The van der Waals surface area contributed by atoms with Crippen LogP contribution in [-0.4, -0.2) is 53.6 Å². The Morgan fingerprint density at radius 3 is 2.78 bits per heavy atom. The predicted molar refractivity (Wildman–Crippen MR) is 66.8 cm³/mol. The molecule has 0 spiro atoms. The van der Waals surface area contributed by atoms with Gasteiger partial charge in [0, 0.05) is 25.5 Å². The molecule has 1 amide bonds. The van der Waals surface area contributed by atoms with Gasteiger partial charge in [-0.15, -0.1) is 0 Å². The molecule has 7 heteroatoms. The van der Waals surface area contributed by atoms with Gasteiger partial charge in [-0.25, -0.2) is 8.42 Å². The zero-order chi connectivity index (χ0) is 13.3. The molecule has 1 aliphatic rings. The number of rotatable bonds is 3. The number of nitrogens with zero attached hydrogens (tertiary/aromatic N) is 3. The number of aromatic nitrogens is 2. The van der Waals surface area contributed by atoms with Crippen LogP contribution in [0.3, 0.4) is 0 Å². The first kappa shape index (κ1) is 13.1. The van der Waals surface area contributed by atoms with Crippen LogP contribution in [0.25, 0.3) is 0 Å². The molecule has 1 aromatic heterocycles. The van der Waals surface area contributed by atoms with E-state index in [-0.39, 0.29) is 23.5 Å². The SMILES string of the molecule is C[C@H](C(=O)N(C)[C@H]1CCS(=O)(=O)C1)n1cccn1. The van der Waals surface area contributed by atoms with Crippen molar-refractivity contribution in [3.8, 4) is 0 Å². The summed E-state index contributed by atoms with van der Waals surface area (Å²) in [6, 6.07) is 1.14. The minimum absolute atomic E-state index is 0.0705. The minimum atomic E-state index is -2.97. The molecule has 1 fully saturated rings. The average Bonchev–Trinajstić information content (AvgIpc) is 2.95. The monoisotopic (exact) mass is 271 g/mol. The Balaban J connectivity index is 2.06. The van der Waals surface area contributed by atoms with E-state index < -0.39 is 15.9 Å². The lowest BCUT2D eigenvalue weighted by Crippen LogP contribution is -2.41. The molecule has 0 radical (unpaired) electrons. The van der Waals surface area contributed by atoms with Crippen molar-refractivity contribution in [2.45, 2.75) is 25.4 Å². The Bertz CT molecular complexity index is 524. The highest BCUT2D eigenvalue weighted by Gasteiger charge is 2.34. The molecule has 100 valence electrons. The van der Waals surface area contributed by atoms with Crippen LogP contribution >= 0.6 is 0 Å². The summed E-state index contributed by atoms with van der Waals surface area (Å²) in [5.74, 6) is 0.132. The summed E-state index contributed by atoms with van der Waals surface area (Å²) < 4.78 is 24.4. The van der Waals surface area contributed by atoms with E-state index in [1.807, 2.05) is 0 Å². The van der Waals surface area contributed by atoms with Crippen LogP contribution in [0, 0.1) is 0 Å². The summed E-state index contributed by atoms with van der Waals surface area (Å²) in [5, 5.41) is 4.03. The smallest absolute Gasteiger partial charge is 0.247 e. The largest absolute Gasteiger partial charge is 0.340 e. The van der Waals surface area contributed by atoms with Crippen LogP contribution in [0.5, 0.6) is 0 Å². The van der Waals surface area contributed by atoms with E-state index in [1.54, 1.807) is 37.1 Å². The first-order valence-corrected chi connectivity index (χ1v) is 7.69. The molecule has 1 aliphatic heterocycles. The van der Waals surface area contributed by atoms with Gasteiger partial charge in [-0.05, 0) is 19.4 Å². The maximum absolute atomic E-state index is 12.2. The maximum atomic E-state index is 12.2. The number of hydrogen-bond donors (Lipinski definition) is 0. The van der Waals surface area contributed by atoms with Crippen LogP contribution in [0.2, 0.25) is 0 Å². The van der Waals surface area contributed by atoms with Crippen LogP contribution in [-0.2, 0) is 14.6 Å². The summed E-state index contributed by atoms with van der Waals surface area (Å²) in [7, 11) is -1.31. The second kappa shape index (κ2) is 4.72. The van der Waals surface area contributed by atoms with Crippen molar-refractivity contribution in [1.82, 2.24) is 14.7 Å². The second-order valence-corrected chi connectivity index (χ2v) is 6.90. The highest BCUT2D eigenvalue weighted by Crippen LogP contribution is 2.19. The number of carbonyl (C=O) groups excluding carboxylic acids is 1. The van der Waals surface area contributed by atoms with Gasteiger partial charge in [-0.2, -0.15) is 5.10 Å². The van der Waals surface area contributed by atoms with Crippen LogP contribution in [0.4, 0.5) is 0 Å². The molecule has 6 nitrogen and oxygen atoms in total. The fourth-order valence-corrected chi connectivity index (χ4v) is 3.95. The van der Waals surface area contributed by atoms with Gasteiger partial charge >= 0.3 is 0 Å². The summed E-state index contributed by atoms with van der Waals surface area (Å²) >= 11 is 0. The molecule has 0 aliphatic carbocycles. The molecular weight excluding hydrogens is 254 g/mol. The molecule has 0 saturated carbocycles. The highest BCUT2D eigenvalue weighted by atomic mass is 32.2. The van der Waals surface area contributed by atoms with Gasteiger partial charge in [0.25, 0.3) is 0 Å². The first-order chi connectivity index (χ1) is 8.41. The predicted octanol–water partition coefficient (Wildman–Crippen LogP) is 0.0896. The lowest BCUT2D eigenvalue weighted by atomic mass is 10.2. The van der Waals surface area contributed by atoms with E-state index in [2.05, 4.69) is 5.10 Å². The Labute approximate surface area is 106 Å². The lowest BCUT2D eigenvalue weighted by Gasteiger charge is -2.26. The van der Waals surface area contributed by atoms with Crippen LogP contribution < -0.4 is 0 Å². The molecular formula is C11H17N3O3S. The molecule has 1 aromatic rings. The standard InChI is InChI=1S/C11H17N3O3S/c1-9(14-6-3-5-12-14)11(15)13(2)10-4-7-18(16,17)8-10/h3,5-6,9-10H,4,7-8H2,1-2H3/t9-,10+/m1/s1. The molecule has 0 bridgehead atoms. The van der Waals surface area contributed by atoms with Crippen LogP contribution in [0.1, 0.15) is 19.4 Å². The average molecular weight is 271 g/mol. The van der Waals surface area contributed by atoms with Crippen molar-refractivity contribution < 1.29 is 13.2 Å². The van der Waals surface area contributed by atoms with Gasteiger partial charge in [-0.1, -0.05) is 0 Å². The third-order valence-electron chi connectivity index (χ3n) is 3.38. The van der Waals surface area contributed by atoms with E-state index in [0.29, 0.717) is 6.42 Å². The molecule has 0 N–H and O–H groups in total. The maximum Gasteiger partial charge on any atom is 0.247 e. The fraction of sp³-hybridized carbons (Fsp3) is 0.636. The van der Waals surface area contributed by atoms with Crippen molar-refractivity contribution in [2.24, 2.45) is 0 Å². The van der Waals surface area contributed by atoms with Gasteiger partial charge in [0.15, 0.2) is 9.84 Å². The Hall–Kier alpha value is -1.37. The topological polar surface area (TPSA) is 72.3 Å². The number of likely N-dealkylation sites (N-methyl/N-ethyl adjacent to an activating group) is 1. The molecule has 0 aromatic carbocycles. The van der Waals surface area contributed by atoms with Crippen LogP contribution in [0.15, 0.2) is 18.5 Å². The quantitative estimate of drug-likeness (QED) is 0.781. The zero-order valence-corrected chi connectivity index (χ0v) is 11.3. The summed E-state index contributed by atoms with van der Waals surface area (Å²) in [6.07, 6.45) is 3.86. The van der Waals surface area contributed by atoms with Crippen molar-refractivity contribution in [3.05, 3.63) is 18.5 Å². The van der Waals surface area contributed by atoms with Crippen molar-refractivity contribution in [2.75, 3.05) is 18.6 Å². The Morgan fingerprint density at radius 1 is 1.56 bits per heavy atom. The summed E-state index contributed by atoms with van der Waals surface area (Å²) in [6.45, 7) is 1.76. The summed E-state index contributed by atoms with van der Waals surface area (Å²) in [4.78, 5) is 13.7. The number of sulfone groups is 1. The van der Waals surface area contributed by atoms with E-state index in [9.17, 15) is 13.2 Å². The molecule has 0 unspecified atom stereocenters. The molecule has 18 heavy (non-hydrogen) atoms. The van der Waals surface area contributed by atoms with Gasteiger partial charge in [0.2, 0.25) is 5.91 Å². The molecule has 2 atom stereocenters. The lowest BCUT2D eigenvalue weighted by molar-refractivity contribution is -0.134. The first-order valence-electron chi connectivity index (χ1n) is 5.87. The highest BCUT2D eigenvalue weighted by molar-refractivity contribution is 7.91. The minimum Gasteiger partial charge on any atom is -0.340 e. The normalized spacial score (nSPS) is 23.8. The third-order valence-corrected chi connectivity index (χ3v) is 5.13. The third kappa shape index (κ3) is 2.55. The van der Waals surface area contributed by atoms with Crippen molar-refractivity contribution in [3.63, 3.8) is 0 Å². The van der Waals surface area contributed by atoms with E-state index in [4.69, 9.17) is 0 Å². The van der Waals surface area contributed by atoms with Gasteiger partial charge in [-0.3, -0.25) is 9.48 Å². The van der Waals surface area contributed by atoms with E-state index in [0.717, 1.165) is 0 Å². The number of carbonyl (C=O) groups is 1. The Morgan fingerprint density at radius 2 is 2.28 bits per heavy atom. The van der Waals surface area contributed by atoms with Gasteiger partial charge in [0.1, 0.15) is 6.04 Å². The van der Waals surface area contributed by atoms with Crippen molar-refractivity contribution in [1.29, 1.82) is 0 Å². The number of hydrogen-bond acceptors (Lipinski definition) is 4. The molecule has 2 heterocycles. The van der Waals surface area contributed by atoms with E-state index >= 15 is 0 Å². The number of amides is 1. The molecule has 1 saturated heterocycles. The van der Waals surface area contributed by atoms with Crippen molar-refractivity contribution >= 4 is 15.7 Å². The zero-order valence-electron chi connectivity index (χ0n) is 10.5. The fourth-order valence-electron chi connectivity index (χ4n) is 2.18. The second-order valence-electron chi connectivity index (χ2n) is 4.67. The molecule has 2 rings (SSSR count). The van der Waals surface area contributed by atoms with Gasteiger partial charge < -0.3 is 4.90 Å². The van der Waals surface area contributed by atoms with E-state index in [1.165, 1.54) is 4.90 Å². The Kier molecular flexibility index (Phi) is 3.43. The van der Waals surface area contributed by atoms with Gasteiger partial charge in [0.05, 0.1) is 11.5 Å².